The lowest BCUT2D eigenvalue weighted by Crippen LogP contribution is -2.26. The van der Waals surface area contributed by atoms with E-state index in [1.54, 1.807) is 45.0 Å². The van der Waals surface area contributed by atoms with Crippen molar-refractivity contribution in [1.29, 1.82) is 0 Å². The summed E-state index contributed by atoms with van der Waals surface area (Å²) in [5.41, 5.74) is -0.0769. The van der Waals surface area contributed by atoms with Crippen molar-refractivity contribution in [2.75, 3.05) is 7.11 Å². The van der Waals surface area contributed by atoms with E-state index in [4.69, 9.17) is 4.74 Å². The van der Waals surface area contributed by atoms with Gasteiger partial charge in [-0.1, -0.05) is 18.2 Å². The fourth-order valence-corrected chi connectivity index (χ4v) is 2.03. The zero-order valence-electron chi connectivity index (χ0n) is 12.9. The highest BCUT2D eigenvalue weighted by molar-refractivity contribution is 6.43. The quantitative estimate of drug-likeness (QED) is 0.484. The van der Waals surface area contributed by atoms with Gasteiger partial charge in [0.1, 0.15) is 5.60 Å². The fourth-order valence-electron chi connectivity index (χ4n) is 2.03. The maximum Gasteiger partial charge on any atom is 0.419 e. The number of ether oxygens (including phenoxy) is 2. The molecule has 0 unspecified atom stereocenters. The number of carbonyl (C=O) groups excluding carboxylic acids is 3. The number of nitrogens with zero attached hydrogens (tertiary/aromatic N) is 1. The number of para-hydroxylation sites is 1. The molecule has 0 N–H and O–H groups in total. The highest BCUT2D eigenvalue weighted by Crippen LogP contribution is 2.23. The average Bonchev–Trinajstić information content (AvgIpc) is 2.83. The molecule has 2 aromatic rings. The predicted molar refractivity (Wildman–Crippen MR) is 79.9 cm³/mol. The zero-order chi connectivity index (χ0) is 16.5. The summed E-state index contributed by atoms with van der Waals surface area (Å²) in [5.74, 6) is -1.78. The molecular formula is C16H17NO5. The molecule has 0 aliphatic rings. The lowest BCUT2D eigenvalue weighted by Gasteiger charge is -2.19. The van der Waals surface area contributed by atoms with Crippen molar-refractivity contribution >= 4 is 28.7 Å². The third kappa shape index (κ3) is 3.00. The van der Waals surface area contributed by atoms with Crippen LogP contribution in [0.25, 0.3) is 10.9 Å². The number of aromatic nitrogens is 1. The number of rotatable bonds is 2. The Morgan fingerprint density at radius 2 is 1.73 bits per heavy atom. The van der Waals surface area contributed by atoms with E-state index < -0.39 is 23.4 Å². The third-order valence-electron chi connectivity index (χ3n) is 2.92. The van der Waals surface area contributed by atoms with Crippen LogP contribution in [0.3, 0.4) is 0 Å². The molecule has 0 atom stereocenters. The second-order valence-electron chi connectivity index (χ2n) is 5.73. The van der Waals surface area contributed by atoms with Crippen molar-refractivity contribution in [3.8, 4) is 0 Å². The Kier molecular flexibility index (Phi) is 4.03. The number of hydrogen-bond acceptors (Lipinski definition) is 5. The molecule has 22 heavy (non-hydrogen) atoms. The lowest BCUT2D eigenvalue weighted by molar-refractivity contribution is -0.135. The second-order valence-corrected chi connectivity index (χ2v) is 5.73. The number of methoxy groups -OCH3 is 1. The van der Waals surface area contributed by atoms with Crippen LogP contribution in [0.15, 0.2) is 30.5 Å². The lowest BCUT2D eigenvalue weighted by atomic mass is 10.1. The van der Waals surface area contributed by atoms with Gasteiger partial charge in [0.25, 0.3) is 5.78 Å². The van der Waals surface area contributed by atoms with Gasteiger partial charge >= 0.3 is 12.1 Å². The van der Waals surface area contributed by atoms with E-state index in [0.717, 1.165) is 7.11 Å². The summed E-state index contributed by atoms with van der Waals surface area (Å²) in [6.45, 7) is 5.24. The van der Waals surface area contributed by atoms with Crippen LogP contribution >= 0.6 is 0 Å². The molecule has 6 nitrogen and oxygen atoms in total. The minimum absolute atomic E-state index is 0.105. The van der Waals surface area contributed by atoms with Gasteiger partial charge in [0, 0.05) is 11.6 Å². The topological polar surface area (TPSA) is 74.6 Å². The van der Waals surface area contributed by atoms with Crippen molar-refractivity contribution in [3.05, 3.63) is 36.0 Å². The molecular weight excluding hydrogens is 286 g/mol. The Balaban J connectivity index is 2.55. The van der Waals surface area contributed by atoms with Gasteiger partial charge in [0.15, 0.2) is 0 Å². The number of hydrogen-bond donors (Lipinski definition) is 0. The Bertz CT molecular complexity index is 751. The smallest absolute Gasteiger partial charge is 0.419 e. The largest absolute Gasteiger partial charge is 0.463 e. The molecule has 1 aromatic heterocycles. The van der Waals surface area contributed by atoms with Crippen LogP contribution in [-0.2, 0) is 14.3 Å². The molecule has 0 amide bonds. The number of ketones is 1. The number of Topliss-reactive ketones (excluding diaryl/α,β-unsaturated/α-hetero) is 1. The van der Waals surface area contributed by atoms with E-state index in [1.165, 1.54) is 10.8 Å². The molecule has 6 heteroatoms. The van der Waals surface area contributed by atoms with Crippen LogP contribution in [0.4, 0.5) is 4.79 Å². The molecule has 1 aromatic carbocycles. The molecule has 0 aliphatic carbocycles. The van der Waals surface area contributed by atoms with Crippen molar-refractivity contribution in [3.63, 3.8) is 0 Å². The van der Waals surface area contributed by atoms with Crippen LogP contribution in [0.1, 0.15) is 31.1 Å². The minimum atomic E-state index is -0.980. The molecule has 0 saturated heterocycles. The normalized spacial score (nSPS) is 11.3. The number of fused-ring (bicyclic) bond motifs is 1. The van der Waals surface area contributed by atoms with Crippen molar-refractivity contribution in [1.82, 2.24) is 4.57 Å². The summed E-state index contributed by atoms with van der Waals surface area (Å²) in [6.07, 6.45) is 0.686. The highest BCUT2D eigenvalue weighted by Gasteiger charge is 2.25. The standard InChI is InChI=1S/C16H17NO5/c1-16(2,3)22-15(20)17-9-11(13(18)14(19)21-4)10-7-5-6-8-12(10)17/h5-9H,1-4H3. The van der Waals surface area contributed by atoms with Crippen LogP contribution < -0.4 is 0 Å². The van der Waals surface area contributed by atoms with Crippen LogP contribution in [0.2, 0.25) is 0 Å². The van der Waals surface area contributed by atoms with Gasteiger partial charge < -0.3 is 9.47 Å². The minimum Gasteiger partial charge on any atom is -0.463 e. The van der Waals surface area contributed by atoms with Gasteiger partial charge in [0.05, 0.1) is 18.2 Å². The van der Waals surface area contributed by atoms with Crippen LogP contribution in [-0.4, -0.2) is 35.1 Å². The van der Waals surface area contributed by atoms with E-state index in [-0.39, 0.29) is 5.56 Å². The fraction of sp³-hybridized carbons (Fsp3) is 0.312. The number of carbonyl (C=O) groups is 3. The van der Waals surface area contributed by atoms with E-state index >= 15 is 0 Å². The Morgan fingerprint density at radius 1 is 1.09 bits per heavy atom. The molecule has 1 heterocycles. The summed E-state index contributed by atoms with van der Waals surface area (Å²) in [5, 5.41) is 0.490. The van der Waals surface area contributed by atoms with Crippen molar-refractivity contribution in [2.24, 2.45) is 0 Å². The molecule has 0 aliphatic heterocycles. The summed E-state index contributed by atoms with van der Waals surface area (Å²) >= 11 is 0. The number of benzene rings is 1. The van der Waals surface area contributed by atoms with Gasteiger partial charge in [-0.2, -0.15) is 0 Å². The number of esters is 1. The Morgan fingerprint density at radius 3 is 2.32 bits per heavy atom. The van der Waals surface area contributed by atoms with Gasteiger partial charge in [-0.05, 0) is 26.8 Å². The summed E-state index contributed by atoms with van der Waals surface area (Å²) < 4.78 is 11.0. The maximum absolute atomic E-state index is 12.3. The second kappa shape index (κ2) is 5.63. The Labute approximate surface area is 127 Å². The van der Waals surface area contributed by atoms with Crippen molar-refractivity contribution < 1.29 is 23.9 Å². The molecule has 2 rings (SSSR count). The summed E-state index contributed by atoms with van der Waals surface area (Å²) in [7, 11) is 1.13. The first-order chi connectivity index (χ1) is 10.2. The molecule has 0 spiro atoms. The molecule has 0 bridgehead atoms. The molecule has 116 valence electrons. The zero-order valence-corrected chi connectivity index (χ0v) is 12.9. The van der Waals surface area contributed by atoms with Gasteiger partial charge in [0.2, 0.25) is 0 Å². The predicted octanol–water partition coefficient (Wildman–Crippen LogP) is 2.78. The molecule has 0 saturated carbocycles. The maximum atomic E-state index is 12.3. The van der Waals surface area contributed by atoms with Crippen molar-refractivity contribution in [2.45, 2.75) is 26.4 Å². The van der Waals surface area contributed by atoms with E-state index in [9.17, 15) is 14.4 Å². The Hall–Kier alpha value is -2.63. The third-order valence-corrected chi connectivity index (χ3v) is 2.92. The monoisotopic (exact) mass is 303 g/mol. The van der Waals surface area contributed by atoms with Gasteiger partial charge in [-0.15, -0.1) is 0 Å². The van der Waals surface area contributed by atoms with Gasteiger partial charge in [-0.25, -0.2) is 9.59 Å². The summed E-state index contributed by atoms with van der Waals surface area (Å²) in [4.78, 5) is 35.8. The van der Waals surface area contributed by atoms with Gasteiger partial charge in [-0.3, -0.25) is 9.36 Å². The SMILES string of the molecule is COC(=O)C(=O)c1cn(C(=O)OC(C)(C)C)c2ccccc12. The first-order valence-electron chi connectivity index (χ1n) is 6.70. The first-order valence-corrected chi connectivity index (χ1v) is 6.70. The van der Waals surface area contributed by atoms with E-state index in [2.05, 4.69) is 4.74 Å². The molecule has 0 fully saturated rings. The van der Waals surface area contributed by atoms with Crippen LogP contribution in [0, 0.1) is 0 Å². The summed E-state index contributed by atoms with van der Waals surface area (Å²) in [6, 6.07) is 6.78. The molecule has 0 radical (unpaired) electrons. The average molecular weight is 303 g/mol. The van der Waals surface area contributed by atoms with E-state index in [1.807, 2.05) is 0 Å². The van der Waals surface area contributed by atoms with E-state index in [0.29, 0.717) is 10.9 Å². The highest BCUT2D eigenvalue weighted by atomic mass is 16.6. The van der Waals surface area contributed by atoms with Crippen LogP contribution in [0.5, 0.6) is 0 Å². The first kappa shape index (κ1) is 15.8.